The fourth-order valence-corrected chi connectivity index (χ4v) is 4.64. The number of fused-ring (bicyclic) bond motifs is 1. The number of sulfonamides is 1. The Labute approximate surface area is 124 Å². The Morgan fingerprint density at radius 3 is 2.57 bits per heavy atom. The van der Waals surface area contributed by atoms with Crippen LogP contribution in [0.3, 0.4) is 0 Å². The van der Waals surface area contributed by atoms with Crippen LogP contribution in [0.25, 0.3) is 10.8 Å². The summed E-state index contributed by atoms with van der Waals surface area (Å²) in [5.74, 6) is -0.0862. The first-order valence-corrected chi connectivity index (χ1v) is 8.45. The van der Waals surface area contributed by atoms with Crippen LogP contribution >= 0.6 is 0 Å². The second kappa shape index (κ2) is 5.24. The number of ketones is 1. The second-order valence-corrected chi connectivity index (χ2v) is 7.28. The van der Waals surface area contributed by atoms with Gasteiger partial charge < -0.3 is 0 Å². The molecule has 1 aliphatic heterocycles. The van der Waals surface area contributed by atoms with E-state index >= 15 is 0 Å². The molecule has 1 aliphatic rings. The molecule has 0 aromatic heterocycles. The van der Waals surface area contributed by atoms with Crippen LogP contribution in [0.15, 0.2) is 47.4 Å². The van der Waals surface area contributed by atoms with Gasteiger partial charge in [-0.2, -0.15) is 4.31 Å². The molecule has 0 bridgehead atoms. The largest absolute Gasteiger partial charge is 0.298 e. The van der Waals surface area contributed by atoms with Crippen molar-refractivity contribution in [3.05, 3.63) is 42.5 Å². The first-order valence-electron chi connectivity index (χ1n) is 7.01. The molecule has 1 fully saturated rings. The Balaban J connectivity index is 2.05. The van der Waals surface area contributed by atoms with E-state index in [2.05, 4.69) is 0 Å². The molecule has 2 aromatic rings. The van der Waals surface area contributed by atoms with Gasteiger partial charge in [-0.05, 0) is 42.7 Å². The zero-order valence-electron chi connectivity index (χ0n) is 11.8. The molecule has 1 saturated heterocycles. The van der Waals surface area contributed by atoms with Crippen molar-refractivity contribution in [2.45, 2.75) is 30.7 Å². The van der Waals surface area contributed by atoms with Crippen LogP contribution in [-0.2, 0) is 14.8 Å². The topological polar surface area (TPSA) is 54.5 Å². The number of benzene rings is 2. The minimum atomic E-state index is -3.61. The van der Waals surface area contributed by atoms with Crippen LogP contribution in [0.4, 0.5) is 0 Å². The molecule has 0 aliphatic carbocycles. The van der Waals surface area contributed by atoms with E-state index in [1.165, 1.54) is 11.2 Å². The van der Waals surface area contributed by atoms with Crippen LogP contribution in [-0.4, -0.2) is 31.1 Å². The van der Waals surface area contributed by atoms with Crippen molar-refractivity contribution in [3.63, 3.8) is 0 Å². The highest BCUT2D eigenvalue weighted by Gasteiger charge is 2.37. The van der Waals surface area contributed by atoms with Crippen LogP contribution in [0.5, 0.6) is 0 Å². The predicted molar refractivity (Wildman–Crippen MR) is 81.5 cm³/mol. The Hall–Kier alpha value is -1.72. The van der Waals surface area contributed by atoms with E-state index in [9.17, 15) is 13.2 Å². The van der Waals surface area contributed by atoms with Crippen molar-refractivity contribution >= 4 is 26.6 Å². The van der Waals surface area contributed by atoms with E-state index in [1.807, 2.05) is 24.3 Å². The zero-order valence-corrected chi connectivity index (χ0v) is 12.6. The fourth-order valence-electron chi connectivity index (χ4n) is 2.90. The molecule has 0 radical (unpaired) electrons. The predicted octanol–water partition coefficient (Wildman–Crippen LogP) is 2.58. The molecule has 1 heterocycles. The van der Waals surface area contributed by atoms with Gasteiger partial charge in [0, 0.05) is 6.54 Å². The van der Waals surface area contributed by atoms with E-state index in [-0.39, 0.29) is 10.7 Å². The lowest BCUT2D eigenvalue weighted by Crippen LogP contribution is -2.39. The average Bonchev–Trinajstić information content (AvgIpc) is 2.97. The maximum atomic E-state index is 12.8. The lowest BCUT2D eigenvalue weighted by molar-refractivity contribution is -0.119. The highest BCUT2D eigenvalue weighted by molar-refractivity contribution is 7.89. The molecule has 110 valence electrons. The molecular formula is C16H17NO3S. The molecule has 4 nitrogen and oxygen atoms in total. The second-order valence-electron chi connectivity index (χ2n) is 5.39. The summed E-state index contributed by atoms with van der Waals surface area (Å²) in [6.45, 7) is 1.87. The standard InChI is InChI=1S/C16H17NO3S/c1-12(18)16-7-4-10-17(16)21(19,20)15-9-8-13-5-2-3-6-14(13)11-15/h2-3,5-6,8-9,11,16H,4,7,10H2,1H3. The van der Waals surface area contributed by atoms with E-state index in [4.69, 9.17) is 0 Å². The van der Waals surface area contributed by atoms with E-state index < -0.39 is 16.1 Å². The zero-order chi connectivity index (χ0) is 15.0. The Kier molecular flexibility index (Phi) is 3.55. The van der Waals surface area contributed by atoms with Gasteiger partial charge in [0.1, 0.15) is 5.78 Å². The van der Waals surface area contributed by atoms with Gasteiger partial charge in [0.2, 0.25) is 10.0 Å². The van der Waals surface area contributed by atoms with Crippen LogP contribution in [0, 0.1) is 0 Å². The first kappa shape index (κ1) is 14.2. The minimum Gasteiger partial charge on any atom is -0.298 e. The molecular weight excluding hydrogens is 286 g/mol. The van der Waals surface area contributed by atoms with Gasteiger partial charge in [-0.15, -0.1) is 0 Å². The van der Waals surface area contributed by atoms with Gasteiger partial charge in [-0.25, -0.2) is 8.42 Å². The summed E-state index contributed by atoms with van der Waals surface area (Å²) in [7, 11) is -3.61. The molecule has 21 heavy (non-hydrogen) atoms. The fraction of sp³-hybridized carbons (Fsp3) is 0.312. The lowest BCUT2D eigenvalue weighted by Gasteiger charge is -2.22. The molecule has 2 aromatic carbocycles. The summed E-state index contributed by atoms with van der Waals surface area (Å²) in [6, 6.07) is 12.2. The van der Waals surface area contributed by atoms with Crippen LogP contribution in [0.1, 0.15) is 19.8 Å². The summed E-state index contributed by atoms with van der Waals surface area (Å²) in [5, 5.41) is 1.89. The average molecular weight is 303 g/mol. The third-order valence-corrected chi connectivity index (χ3v) is 5.90. The highest BCUT2D eigenvalue weighted by atomic mass is 32.2. The molecule has 0 amide bonds. The quantitative estimate of drug-likeness (QED) is 0.875. The first-order chi connectivity index (χ1) is 10.00. The number of hydrogen-bond donors (Lipinski definition) is 0. The van der Waals surface area contributed by atoms with Crippen molar-refractivity contribution < 1.29 is 13.2 Å². The maximum absolute atomic E-state index is 12.8. The van der Waals surface area contributed by atoms with Gasteiger partial charge in [0.05, 0.1) is 10.9 Å². The SMILES string of the molecule is CC(=O)C1CCCN1S(=O)(=O)c1ccc2ccccc2c1. The van der Waals surface area contributed by atoms with Gasteiger partial charge in [-0.3, -0.25) is 4.79 Å². The monoisotopic (exact) mass is 303 g/mol. The van der Waals surface area contributed by atoms with Gasteiger partial charge in [0.15, 0.2) is 0 Å². The smallest absolute Gasteiger partial charge is 0.243 e. The highest BCUT2D eigenvalue weighted by Crippen LogP contribution is 2.28. The Morgan fingerprint density at radius 1 is 1.14 bits per heavy atom. The third kappa shape index (κ3) is 2.47. The molecule has 1 atom stereocenters. The summed E-state index contributed by atoms with van der Waals surface area (Å²) in [5.41, 5.74) is 0. The summed E-state index contributed by atoms with van der Waals surface area (Å²) in [4.78, 5) is 11.9. The molecule has 0 saturated carbocycles. The van der Waals surface area contributed by atoms with Gasteiger partial charge in [0.25, 0.3) is 0 Å². The number of hydrogen-bond acceptors (Lipinski definition) is 3. The number of nitrogens with zero attached hydrogens (tertiary/aromatic N) is 1. The molecule has 1 unspecified atom stereocenters. The normalized spacial score (nSPS) is 20.0. The summed E-state index contributed by atoms with van der Waals surface area (Å²) < 4.78 is 26.9. The van der Waals surface area contributed by atoms with Crippen molar-refractivity contribution in [2.24, 2.45) is 0 Å². The third-order valence-electron chi connectivity index (χ3n) is 4.00. The van der Waals surface area contributed by atoms with Crippen molar-refractivity contribution in [1.29, 1.82) is 0 Å². The summed E-state index contributed by atoms with van der Waals surface area (Å²) >= 11 is 0. The van der Waals surface area contributed by atoms with Crippen molar-refractivity contribution in [3.8, 4) is 0 Å². The Bertz CT molecular complexity index is 798. The van der Waals surface area contributed by atoms with Gasteiger partial charge in [-0.1, -0.05) is 30.3 Å². The molecule has 0 spiro atoms. The van der Waals surface area contributed by atoms with E-state index in [0.29, 0.717) is 13.0 Å². The number of carbonyl (C=O) groups excluding carboxylic acids is 1. The number of rotatable bonds is 3. The van der Waals surface area contributed by atoms with E-state index in [0.717, 1.165) is 17.2 Å². The van der Waals surface area contributed by atoms with Crippen LogP contribution in [0.2, 0.25) is 0 Å². The minimum absolute atomic E-state index is 0.0862. The van der Waals surface area contributed by atoms with Crippen molar-refractivity contribution in [1.82, 2.24) is 4.31 Å². The molecule has 3 rings (SSSR count). The Morgan fingerprint density at radius 2 is 1.86 bits per heavy atom. The maximum Gasteiger partial charge on any atom is 0.243 e. The van der Waals surface area contributed by atoms with Crippen LogP contribution < -0.4 is 0 Å². The molecule has 0 N–H and O–H groups in total. The number of carbonyl (C=O) groups is 1. The summed E-state index contributed by atoms with van der Waals surface area (Å²) in [6.07, 6.45) is 1.35. The van der Waals surface area contributed by atoms with E-state index in [1.54, 1.807) is 18.2 Å². The number of Topliss-reactive ketones (excluding diaryl/α,β-unsaturated/α-hetero) is 1. The molecule has 5 heteroatoms. The lowest BCUT2D eigenvalue weighted by atomic mass is 10.1. The van der Waals surface area contributed by atoms with Gasteiger partial charge >= 0.3 is 0 Å². The van der Waals surface area contributed by atoms with Crippen molar-refractivity contribution in [2.75, 3.05) is 6.54 Å².